The topological polar surface area (TPSA) is 62.2 Å². The molecule has 1 amide bonds. The zero-order valence-corrected chi connectivity index (χ0v) is 9.28. The van der Waals surface area contributed by atoms with Crippen molar-refractivity contribution in [3.8, 4) is 0 Å². The Morgan fingerprint density at radius 2 is 2.50 bits per heavy atom. The fourth-order valence-electron chi connectivity index (χ4n) is 0.891. The van der Waals surface area contributed by atoms with Gasteiger partial charge in [0, 0.05) is 12.7 Å². The summed E-state index contributed by atoms with van der Waals surface area (Å²) in [5, 5.41) is 11.6. The number of amides is 1. The number of carbonyl (C=O) groups excluding carboxylic acids is 1. The first-order valence-electron chi connectivity index (χ1n) is 4.18. The van der Waals surface area contributed by atoms with Crippen molar-refractivity contribution < 1.29 is 9.90 Å². The van der Waals surface area contributed by atoms with Gasteiger partial charge in [0.1, 0.15) is 4.60 Å². The molecule has 5 heteroatoms. The standard InChI is InChI=1S/C9H11BrN2O2/c1-6(13)5-12-9(14)7-3-2-4-11-8(7)10/h2-4,6,13H,5H2,1H3,(H,12,14)/t6-/m1/s1. The van der Waals surface area contributed by atoms with Crippen molar-refractivity contribution in [2.75, 3.05) is 6.54 Å². The Balaban J connectivity index is 2.65. The molecule has 14 heavy (non-hydrogen) atoms. The van der Waals surface area contributed by atoms with Gasteiger partial charge < -0.3 is 10.4 Å². The molecule has 0 unspecified atom stereocenters. The van der Waals surface area contributed by atoms with E-state index in [1.54, 1.807) is 25.3 Å². The van der Waals surface area contributed by atoms with Gasteiger partial charge in [0.25, 0.3) is 5.91 Å². The predicted molar refractivity (Wildman–Crippen MR) is 56.0 cm³/mol. The quantitative estimate of drug-likeness (QED) is 0.794. The fourth-order valence-corrected chi connectivity index (χ4v) is 1.32. The average molecular weight is 259 g/mol. The molecule has 1 atom stereocenters. The number of nitrogens with one attached hydrogen (secondary N) is 1. The molecule has 1 aromatic rings. The number of aliphatic hydroxyl groups is 1. The van der Waals surface area contributed by atoms with Crippen LogP contribution in [0.15, 0.2) is 22.9 Å². The summed E-state index contributed by atoms with van der Waals surface area (Å²) in [6.07, 6.45) is 1.05. The summed E-state index contributed by atoms with van der Waals surface area (Å²) < 4.78 is 0.503. The molecule has 0 aliphatic rings. The van der Waals surface area contributed by atoms with Crippen LogP contribution >= 0.6 is 15.9 Å². The lowest BCUT2D eigenvalue weighted by molar-refractivity contribution is 0.0923. The number of aromatic nitrogens is 1. The summed E-state index contributed by atoms with van der Waals surface area (Å²) in [6.45, 7) is 1.85. The number of halogens is 1. The highest BCUT2D eigenvalue weighted by Gasteiger charge is 2.09. The van der Waals surface area contributed by atoms with Gasteiger partial charge >= 0.3 is 0 Å². The maximum atomic E-state index is 11.5. The van der Waals surface area contributed by atoms with Crippen molar-refractivity contribution in [2.45, 2.75) is 13.0 Å². The maximum Gasteiger partial charge on any atom is 0.254 e. The highest BCUT2D eigenvalue weighted by atomic mass is 79.9. The van der Waals surface area contributed by atoms with Crippen molar-refractivity contribution >= 4 is 21.8 Å². The third kappa shape index (κ3) is 3.08. The second kappa shape index (κ2) is 5.07. The molecule has 1 heterocycles. The summed E-state index contributed by atoms with van der Waals surface area (Å²) in [7, 11) is 0. The lowest BCUT2D eigenvalue weighted by Gasteiger charge is -2.07. The van der Waals surface area contributed by atoms with Gasteiger partial charge in [-0.2, -0.15) is 0 Å². The zero-order chi connectivity index (χ0) is 10.6. The molecule has 0 radical (unpaired) electrons. The molecule has 0 bridgehead atoms. The van der Waals surface area contributed by atoms with Gasteiger partial charge in [-0.25, -0.2) is 4.98 Å². The molecule has 2 N–H and O–H groups in total. The molecule has 0 aliphatic carbocycles. The lowest BCUT2D eigenvalue weighted by Crippen LogP contribution is -2.30. The number of hydrogen-bond acceptors (Lipinski definition) is 3. The van der Waals surface area contributed by atoms with Gasteiger partial charge in [-0.15, -0.1) is 0 Å². The van der Waals surface area contributed by atoms with Crippen LogP contribution in [0.2, 0.25) is 0 Å². The van der Waals surface area contributed by atoms with E-state index in [1.165, 1.54) is 0 Å². The van der Waals surface area contributed by atoms with E-state index in [9.17, 15) is 4.79 Å². The Labute approximate surface area is 90.5 Å². The van der Waals surface area contributed by atoms with Crippen LogP contribution in [-0.2, 0) is 0 Å². The number of aliphatic hydroxyl groups excluding tert-OH is 1. The van der Waals surface area contributed by atoms with E-state index in [2.05, 4.69) is 26.2 Å². The first-order valence-corrected chi connectivity index (χ1v) is 4.97. The molecule has 76 valence electrons. The van der Waals surface area contributed by atoms with Crippen LogP contribution < -0.4 is 5.32 Å². The molecular formula is C9H11BrN2O2. The van der Waals surface area contributed by atoms with Gasteiger partial charge in [0.2, 0.25) is 0 Å². The van der Waals surface area contributed by atoms with E-state index in [0.717, 1.165) is 0 Å². The fraction of sp³-hybridized carbons (Fsp3) is 0.333. The largest absolute Gasteiger partial charge is 0.392 e. The summed E-state index contributed by atoms with van der Waals surface area (Å²) in [4.78, 5) is 15.4. The van der Waals surface area contributed by atoms with Crippen molar-refractivity contribution in [1.29, 1.82) is 0 Å². The number of rotatable bonds is 3. The minimum absolute atomic E-state index is 0.236. The summed E-state index contributed by atoms with van der Waals surface area (Å²) in [5.74, 6) is -0.245. The van der Waals surface area contributed by atoms with Crippen molar-refractivity contribution in [3.63, 3.8) is 0 Å². The van der Waals surface area contributed by atoms with Crippen LogP contribution in [0.3, 0.4) is 0 Å². The molecule has 0 aromatic carbocycles. The molecule has 0 saturated carbocycles. The van der Waals surface area contributed by atoms with Crippen LogP contribution in [-0.4, -0.2) is 28.6 Å². The lowest BCUT2D eigenvalue weighted by atomic mass is 10.2. The van der Waals surface area contributed by atoms with Crippen molar-refractivity contribution in [1.82, 2.24) is 10.3 Å². The molecule has 0 spiro atoms. The SMILES string of the molecule is C[C@@H](O)CNC(=O)c1cccnc1Br. The van der Waals surface area contributed by atoms with Crippen molar-refractivity contribution in [2.24, 2.45) is 0 Å². The van der Waals surface area contributed by atoms with Gasteiger partial charge in [0.15, 0.2) is 0 Å². The molecule has 0 aliphatic heterocycles. The Hall–Kier alpha value is -0.940. The number of hydrogen-bond donors (Lipinski definition) is 2. The normalized spacial score (nSPS) is 12.2. The van der Waals surface area contributed by atoms with Gasteiger partial charge in [-0.1, -0.05) is 0 Å². The highest BCUT2D eigenvalue weighted by molar-refractivity contribution is 9.10. The second-order valence-electron chi connectivity index (χ2n) is 2.90. The first-order chi connectivity index (χ1) is 6.61. The average Bonchev–Trinajstić information content (AvgIpc) is 2.15. The van der Waals surface area contributed by atoms with Crippen LogP contribution in [0.1, 0.15) is 17.3 Å². The van der Waals surface area contributed by atoms with E-state index in [1.807, 2.05) is 0 Å². The number of nitrogens with zero attached hydrogens (tertiary/aromatic N) is 1. The second-order valence-corrected chi connectivity index (χ2v) is 3.65. The summed E-state index contributed by atoms with van der Waals surface area (Å²) >= 11 is 3.17. The van der Waals surface area contributed by atoms with Crippen LogP contribution in [0.5, 0.6) is 0 Å². The Morgan fingerprint density at radius 3 is 3.07 bits per heavy atom. The van der Waals surface area contributed by atoms with E-state index in [0.29, 0.717) is 10.2 Å². The molecular weight excluding hydrogens is 248 g/mol. The summed E-state index contributed by atoms with van der Waals surface area (Å²) in [6, 6.07) is 3.34. The monoisotopic (exact) mass is 258 g/mol. The van der Waals surface area contributed by atoms with E-state index < -0.39 is 6.10 Å². The minimum Gasteiger partial charge on any atom is -0.392 e. The smallest absolute Gasteiger partial charge is 0.254 e. The molecule has 1 rings (SSSR count). The van der Waals surface area contributed by atoms with Gasteiger partial charge in [0.05, 0.1) is 11.7 Å². The third-order valence-electron chi connectivity index (χ3n) is 1.56. The molecule has 4 nitrogen and oxygen atoms in total. The summed E-state index contributed by atoms with van der Waals surface area (Å²) in [5.41, 5.74) is 0.466. The Bertz CT molecular complexity index is 328. The third-order valence-corrected chi connectivity index (χ3v) is 2.19. The van der Waals surface area contributed by atoms with Crippen molar-refractivity contribution in [3.05, 3.63) is 28.5 Å². The number of carbonyl (C=O) groups is 1. The number of pyridine rings is 1. The Morgan fingerprint density at radius 1 is 1.79 bits per heavy atom. The van der Waals surface area contributed by atoms with Crippen LogP contribution in [0.25, 0.3) is 0 Å². The molecule has 0 saturated heterocycles. The Kier molecular flexibility index (Phi) is 4.03. The molecule has 0 fully saturated rings. The first kappa shape index (κ1) is 11.1. The van der Waals surface area contributed by atoms with Crippen LogP contribution in [0, 0.1) is 0 Å². The van der Waals surface area contributed by atoms with Gasteiger partial charge in [-0.05, 0) is 35.0 Å². The van der Waals surface area contributed by atoms with Crippen LogP contribution in [0.4, 0.5) is 0 Å². The molecule has 1 aromatic heterocycles. The zero-order valence-electron chi connectivity index (χ0n) is 7.70. The minimum atomic E-state index is -0.547. The predicted octanol–water partition coefficient (Wildman–Crippen LogP) is 0.955. The van der Waals surface area contributed by atoms with Gasteiger partial charge in [-0.3, -0.25) is 4.79 Å². The van der Waals surface area contributed by atoms with E-state index in [-0.39, 0.29) is 12.5 Å². The van der Waals surface area contributed by atoms with E-state index >= 15 is 0 Å². The highest BCUT2D eigenvalue weighted by Crippen LogP contribution is 2.11. The van der Waals surface area contributed by atoms with E-state index in [4.69, 9.17) is 5.11 Å². The maximum absolute atomic E-state index is 11.5.